The van der Waals surface area contributed by atoms with E-state index in [0.29, 0.717) is 6.04 Å². The highest BCUT2D eigenvalue weighted by Gasteiger charge is 2.02. The Balaban J connectivity index is 3.19. The summed E-state index contributed by atoms with van der Waals surface area (Å²) in [6.45, 7) is 12.0. The fraction of sp³-hybridized carbons (Fsp3) is 1.00. The molecule has 16 heavy (non-hydrogen) atoms. The molecule has 0 rings (SSSR count). The van der Waals surface area contributed by atoms with E-state index in [4.69, 9.17) is 4.74 Å². The summed E-state index contributed by atoms with van der Waals surface area (Å²) in [4.78, 5) is 0. The summed E-state index contributed by atoms with van der Waals surface area (Å²) < 4.78 is 5.68. The zero-order valence-electron chi connectivity index (χ0n) is 11.7. The molecule has 2 nitrogen and oxygen atoms in total. The first-order valence-corrected chi connectivity index (χ1v) is 7.01. The van der Waals surface area contributed by atoms with Crippen LogP contribution in [0.15, 0.2) is 0 Å². The number of rotatable bonds is 11. The van der Waals surface area contributed by atoms with Crippen molar-refractivity contribution >= 4 is 0 Å². The fourth-order valence-electron chi connectivity index (χ4n) is 1.85. The lowest BCUT2D eigenvalue weighted by Gasteiger charge is -2.14. The van der Waals surface area contributed by atoms with Crippen molar-refractivity contribution in [2.45, 2.75) is 65.8 Å². The highest BCUT2D eigenvalue weighted by molar-refractivity contribution is 4.59. The van der Waals surface area contributed by atoms with E-state index in [1.54, 1.807) is 0 Å². The zero-order chi connectivity index (χ0) is 12.2. The second-order valence-corrected chi connectivity index (χ2v) is 4.97. The highest BCUT2D eigenvalue weighted by Crippen LogP contribution is 2.06. The van der Waals surface area contributed by atoms with Crippen molar-refractivity contribution in [1.29, 1.82) is 0 Å². The summed E-state index contributed by atoms with van der Waals surface area (Å²) >= 11 is 0. The molecule has 0 aromatic rings. The molecule has 98 valence electrons. The maximum absolute atomic E-state index is 5.68. The van der Waals surface area contributed by atoms with Crippen LogP contribution in [0.4, 0.5) is 0 Å². The molecule has 2 heteroatoms. The van der Waals surface area contributed by atoms with Gasteiger partial charge >= 0.3 is 0 Å². The van der Waals surface area contributed by atoms with Crippen molar-refractivity contribution in [2.75, 3.05) is 19.8 Å². The minimum atomic E-state index is 0.636. The van der Waals surface area contributed by atoms with E-state index in [0.717, 1.165) is 25.7 Å². The second-order valence-electron chi connectivity index (χ2n) is 4.97. The lowest BCUT2D eigenvalue weighted by Crippen LogP contribution is -2.26. The second kappa shape index (κ2) is 11.4. The van der Waals surface area contributed by atoms with E-state index in [9.17, 15) is 0 Å². The summed E-state index contributed by atoms with van der Waals surface area (Å²) in [5, 5.41) is 3.50. The van der Waals surface area contributed by atoms with E-state index in [-0.39, 0.29) is 0 Å². The maximum Gasteiger partial charge on any atom is 0.0491 e. The van der Waals surface area contributed by atoms with Gasteiger partial charge in [-0.3, -0.25) is 0 Å². The van der Waals surface area contributed by atoms with Gasteiger partial charge in [0.15, 0.2) is 0 Å². The molecule has 0 aliphatic carbocycles. The Morgan fingerprint density at radius 2 is 1.81 bits per heavy atom. The summed E-state index contributed by atoms with van der Waals surface area (Å²) in [5.41, 5.74) is 0. The largest absolute Gasteiger partial charge is 0.381 e. The van der Waals surface area contributed by atoms with Crippen LogP contribution in [0, 0.1) is 5.92 Å². The first kappa shape index (κ1) is 15.9. The Labute approximate surface area is 102 Å². The van der Waals surface area contributed by atoms with Crippen molar-refractivity contribution in [3.8, 4) is 0 Å². The molecule has 1 N–H and O–H groups in total. The van der Waals surface area contributed by atoms with E-state index in [1.807, 2.05) is 0 Å². The van der Waals surface area contributed by atoms with E-state index >= 15 is 0 Å². The minimum absolute atomic E-state index is 0.636. The van der Waals surface area contributed by atoms with Crippen LogP contribution in [0.2, 0.25) is 0 Å². The van der Waals surface area contributed by atoms with Crippen LogP contribution in [-0.2, 0) is 4.74 Å². The molecule has 0 aromatic carbocycles. The van der Waals surface area contributed by atoms with Crippen molar-refractivity contribution in [3.63, 3.8) is 0 Å². The lowest BCUT2D eigenvalue weighted by atomic mass is 10.1. The predicted molar refractivity (Wildman–Crippen MR) is 71.9 cm³/mol. The van der Waals surface area contributed by atoms with Crippen molar-refractivity contribution < 1.29 is 4.74 Å². The summed E-state index contributed by atoms with van der Waals surface area (Å²) in [7, 11) is 0. The Bertz CT molecular complexity index is 139. The van der Waals surface area contributed by atoms with E-state index < -0.39 is 0 Å². The molecule has 0 saturated heterocycles. The van der Waals surface area contributed by atoms with E-state index in [1.165, 1.54) is 32.1 Å². The molecule has 0 radical (unpaired) electrons. The molecular weight excluding hydrogens is 198 g/mol. The molecule has 2 unspecified atom stereocenters. The third-order valence-electron chi connectivity index (χ3n) is 2.85. The fourth-order valence-corrected chi connectivity index (χ4v) is 1.85. The highest BCUT2D eigenvalue weighted by atomic mass is 16.5. The average Bonchev–Trinajstić information content (AvgIpc) is 2.26. The van der Waals surface area contributed by atoms with Gasteiger partial charge in [0.05, 0.1) is 0 Å². The normalized spacial score (nSPS) is 15.0. The third kappa shape index (κ3) is 10.4. The van der Waals surface area contributed by atoms with Gasteiger partial charge in [-0.1, -0.05) is 27.2 Å². The van der Waals surface area contributed by atoms with Crippen LogP contribution in [-0.4, -0.2) is 25.8 Å². The molecule has 0 aliphatic rings. The standard InChI is InChI=1S/C14H31NO/c1-5-8-13(3)12-16-11-7-9-14(4)15-10-6-2/h13-15H,5-12H2,1-4H3. The van der Waals surface area contributed by atoms with Gasteiger partial charge in [-0.15, -0.1) is 0 Å². The average molecular weight is 229 g/mol. The molecule has 0 fully saturated rings. The smallest absolute Gasteiger partial charge is 0.0491 e. The quantitative estimate of drug-likeness (QED) is 0.547. The van der Waals surface area contributed by atoms with Gasteiger partial charge in [-0.05, 0) is 45.1 Å². The molecule has 0 amide bonds. The monoisotopic (exact) mass is 229 g/mol. The molecular formula is C14H31NO. The topological polar surface area (TPSA) is 21.3 Å². The summed E-state index contributed by atoms with van der Waals surface area (Å²) in [6.07, 6.45) is 6.17. The predicted octanol–water partition coefficient (Wildman–Crippen LogP) is 3.61. The molecule has 0 aromatic heterocycles. The number of hydrogen-bond donors (Lipinski definition) is 1. The minimum Gasteiger partial charge on any atom is -0.381 e. The molecule has 0 saturated carbocycles. The number of nitrogens with one attached hydrogen (secondary N) is 1. The van der Waals surface area contributed by atoms with Gasteiger partial charge in [-0.25, -0.2) is 0 Å². The molecule has 0 bridgehead atoms. The summed E-state index contributed by atoms with van der Waals surface area (Å²) in [6, 6.07) is 0.636. The van der Waals surface area contributed by atoms with Gasteiger partial charge in [0.2, 0.25) is 0 Å². The van der Waals surface area contributed by atoms with Gasteiger partial charge in [0.25, 0.3) is 0 Å². The van der Waals surface area contributed by atoms with E-state index in [2.05, 4.69) is 33.0 Å². The van der Waals surface area contributed by atoms with Crippen molar-refractivity contribution in [1.82, 2.24) is 5.32 Å². The van der Waals surface area contributed by atoms with Crippen LogP contribution in [0.25, 0.3) is 0 Å². The summed E-state index contributed by atoms with van der Waals surface area (Å²) in [5.74, 6) is 0.723. The van der Waals surface area contributed by atoms with Crippen molar-refractivity contribution in [3.05, 3.63) is 0 Å². The lowest BCUT2D eigenvalue weighted by molar-refractivity contribution is 0.0973. The third-order valence-corrected chi connectivity index (χ3v) is 2.85. The number of ether oxygens (including phenoxy) is 1. The number of hydrogen-bond acceptors (Lipinski definition) is 2. The van der Waals surface area contributed by atoms with Gasteiger partial charge < -0.3 is 10.1 Å². The Kier molecular flexibility index (Phi) is 11.3. The van der Waals surface area contributed by atoms with Crippen LogP contribution in [0.5, 0.6) is 0 Å². The molecule has 0 aliphatic heterocycles. The molecule has 0 spiro atoms. The van der Waals surface area contributed by atoms with Crippen LogP contribution >= 0.6 is 0 Å². The van der Waals surface area contributed by atoms with Crippen LogP contribution in [0.1, 0.15) is 59.8 Å². The van der Waals surface area contributed by atoms with Crippen molar-refractivity contribution in [2.24, 2.45) is 5.92 Å². The van der Waals surface area contributed by atoms with Gasteiger partial charge in [0.1, 0.15) is 0 Å². The first-order chi connectivity index (χ1) is 7.70. The Hall–Kier alpha value is -0.0800. The maximum atomic E-state index is 5.68. The Morgan fingerprint density at radius 3 is 2.44 bits per heavy atom. The molecule has 0 heterocycles. The van der Waals surface area contributed by atoms with Crippen LogP contribution in [0.3, 0.4) is 0 Å². The Morgan fingerprint density at radius 1 is 1.06 bits per heavy atom. The first-order valence-electron chi connectivity index (χ1n) is 7.01. The molecule has 2 atom stereocenters. The SMILES string of the molecule is CCCNC(C)CCCOCC(C)CCC. The zero-order valence-corrected chi connectivity index (χ0v) is 11.7. The van der Waals surface area contributed by atoms with Crippen LogP contribution < -0.4 is 5.32 Å². The van der Waals surface area contributed by atoms with Gasteiger partial charge in [0, 0.05) is 19.3 Å². The van der Waals surface area contributed by atoms with Gasteiger partial charge in [-0.2, -0.15) is 0 Å².